The van der Waals surface area contributed by atoms with Crippen LogP contribution in [0.25, 0.3) is 5.57 Å². The van der Waals surface area contributed by atoms with E-state index in [4.69, 9.17) is 0 Å². The summed E-state index contributed by atoms with van der Waals surface area (Å²) in [7, 11) is 0. The van der Waals surface area contributed by atoms with E-state index in [9.17, 15) is 18.3 Å². The molecule has 1 aliphatic heterocycles. The summed E-state index contributed by atoms with van der Waals surface area (Å²) in [5.74, 6) is 0. The van der Waals surface area contributed by atoms with Crippen molar-refractivity contribution in [1.29, 1.82) is 0 Å². The van der Waals surface area contributed by atoms with Gasteiger partial charge in [0.15, 0.2) is 0 Å². The third-order valence-electron chi connectivity index (χ3n) is 3.47. The van der Waals surface area contributed by atoms with Crippen molar-refractivity contribution in [3.8, 4) is 0 Å². The number of hydrogen-bond acceptors (Lipinski definition) is 2. The molecule has 1 heterocycles. The molecule has 110 valence electrons. The Hall–Kier alpha value is -0.600. The molecule has 1 aromatic carbocycles. The van der Waals surface area contributed by atoms with Gasteiger partial charge in [0.25, 0.3) is 0 Å². The summed E-state index contributed by atoms with van der Waals surface area (Å²) in [6.45, 7) is 6.02. The van der Waals surface area contributed by atoms with E-state index in [1.165, 1.54) is 0 Å². The Morgan fingerprint density at radius 2 is 2.05 bits per heavy atom. The van der Waals surface area contributed by atoms with Crippen LogP contribution in [0, 0.1) is 10.5 Å². The molecule has 0 aromatic heterocycles. The van der Waals surface area contributed by atoms with Gasteiger partial charge in [-0.05, 0) is 64.3 Å². The van der Waals surface area contributed by atoms with Crippen LogP contribution >= 0.6 is 22.6 Å². The molecule has 20 heavy (non-hydrogen) atoms. The molecule has 0 saturated heterocycles. The SMILES string of the molecule is C=C1CN(C(O)C(F)(F)F)CCc2cc(I)c(C)cc21. The first-order valence-corrected chi connectivity index (χ1v) is 7.24. The molecule has 2 nitrogen and oxygen atoms in total. The maximum Gasteiger partial charge on any atom is 0.428 e. The van der Waals surface area contributed by atoms with E-state index < -0.39 is 12.4 Å². The van der Waals surface area contributed by atoms with Crippen molar-refractivity contribution < 1.29 is 18.3 Å². The van der Waals surface area contributed by atoms with Crippen molar-refractivity contribution in [3.63, 3.8) is 0 Å². The number of aliphatic hydroxyl groups excluding tert-OH is 1. The van der Waals surface area contributed by atoms with Gasteiger partial charge in [0.2, 0.25) is 6.23 Å². The Balaban J connectivity index is 2.30. The zero-order valence-electron chi connectivity index (χ0n) is 11.0. The van der Waals surface area contributed by atoms with Crippen molar-refractivity contribution in [3.05, 3.63) is 39.0 Å². The predicted molar refractivity (Wildman–Crippen MR) is 80.3 cm³/mol. The van der Waals surface area contributed by atoms with Crippen LogP contribution in [0.2, 0.25) is 0 Å². The molecule has 0 spiro atoms. The molecule has 6 heteroatoms. The van der Waals surface area contributed by atoms with Crippen LogP contribution in [0.1, 0.15) is 16.7 Å². The fourth-order valence-corrected chi connectivity index (χ4v) is 2.88. The average molecular weight is 397 g/mol. The number of halogens is 4. The van der Waals surface area contributed by atoms with E-state index in [-0.39, 0.29) is 13.1 Å². The van der Waals surface area contributed by atoms with Crippen LogP contribution in [-0.2, 0) is 6.42 Å². The predicted octanol–water partition coefficient (Wildman–Crippen LogP) is 3.35. The Morgan fingerprint density at radius 3 is 2.65 bits per heavy atom. The van der Waals surface area contributed by atoms with Crippen LogP contribution in [0.3, 0.4) is 0 Å². The van der Waals surface area contributed by atoms with Crippen LogP contribution in [0.15, 0.2) is 18.7 Å². The molecule has 1 unspecified atom stereocenters. The molecule has 0 saturated carbocycles. The van der Waals surface area contributed by atoms with Gasteiger partial charge in [0.05, 0.1) is 0 Å². The zero-order valence-corrected chi connectivity index (χ0v) is 13.1. The van der Waals surface area contributed by atoms with Gasteiger partial charge in [-0.1, -0.05) is 12.6 Å². The Labute approximate surface area is 129 Å². The standard InChI is InChI=1S/C14H15F3INO/c1-8-5-11-9(2)7-19(13(20)14(15,16)17)4-3-10(11)6-12(8)18/h5-6,13,20H,2-4,7H2,1H3. The van der Waals surface area contributed by atoms with E-state index in [1.807, 2.05) is 19.1 Å². The lowest BCUT2D eigenvalue weighted by atomic mass is 9.98. The number of benzene rings is 1. The van der Waals surface area contributed by atoms with Gasteiger partial charge < -0.3 is 5.11 Å². The minimum absolute atomic E-state index is 0.0215. The maximum absolute atomic E-state index is 12.6. The van der Waals surface area contributed by atoms with Gasteiger partial charge in [-0.25, -0.2) is 0 Å². The smallest absolute Gasteiger partial charge is 0.370 e. The summed E-state index contributed by atoms with van der Waals surface area (Å²) in [4.78, 5) is 1.02. The monoisotopic (exact) mass is 397 g/mol. The maximum atomic E-state index is 12.6. The molecule has 1 atom stereocenters. The quantitative estimate of drug-likeness (QED) is 0.735. The highest BCUT2D eigenvalue weighted by Crippen LogP contribution is 2.30. The number of aliphatic hydroxyl groups is 1. The van der Waals surface area contributed by atoms with Gasteiger partial charge in [0, 0.05) is 16.7 Å². The van der Waals surface area contributed by atoms with Crippen molar-refractivity contribution in [1.82, 2.24) is 4.90 Å². The van der Waals surface area contributed by atoms with E-state index in [0.717, 1.165) is 25.2 Å². The third kappa shape index (κ3) is 3.17. The highest BCUT2D eigenvalue weighted by atomic mass is 127. The summed E-state index contributed by atoms with van der Waals surface area (Å²) in [5, 5.41) is 9.40. The van der Waals surface area contributed by atoms with E-state index >= 15 is 0 Å². The van der Waals surface area contributed by atoms with E-state index in [0.29, 0.717) is 12.0 Å². The lowest BCUT2D eigenvalue weighted by molar-refractivity contribution is -0.247. The van der Waals surface area contributed by atoms with Gasteiger partial charge >= 0.3 is 6.18 Å². The first-order chi connectivity index (χ1) is 9.20. The average Bonchev–Trinajstić information content (AvgIpc) is 2.49. The number of rotatable bonds is 1. The second-order valence-corrected chi connectivity index (χ2v) is 6.16. The van der Waals surface area contributed by atoms with Gasteiger partial charge in [-0.3, -0.25) is 4.90 Å². The normalized spacial score (nSPS) is 18.6. The zero-order chi connectivity index (χ0) is 15.1. The van der Waals surface area contributed by atoms with Crippen LogP contribution in [-0.4, -0.2) is 35.5 Å². The van der Waals surface area contributed by atoms with Gasteiger partial charge in [-0.15, -0.1) is 0 Å². The van der Waals surface area contributed by atoms with Crippen molar-refractivity contribution >= 4 is 28.2 Å². The second-order valence-electron chi connectivity index (χ2n) is 5.00. The van der Waals surface area contributed by atoms with Gasteiger partial charge in [0.1, 0.15) is 0 Å². The number of nitrogens with zero attached hydrogens (tertiary/aromatic N) is 1. The molecular formula is C14H15F3INO. The highest BCUT2D eigenvalue weighted by Gasteiger charge is 2.42. The first-order valence-electron chi connectivity index (χ1n) is 6.16. The van der Waals surface area contributed by atoms with Gasteiger partial charge in [-0.2, -0.15) is 13.2 Å². The first kappa shape index (κ1) is 15.8. The third-order valence-corrected chi connectivity index (χ3v) is 4.63. The van der Waals surface area contributed by atoms with Crippen LogP contribution in [0.5, 0.6) is 0 Å². The fourth-order valence-electron chi connectivity index (χ4n) is 2.35. The topological polar surface area (TPSA) is 23.5 Å². The summed E-state index contributed by atoms with van der Waals surface area (Å²) in [6, 6.07) is 3.95. The van der Waals surface area contributed by atoms with E-state index in [2.05, 4.69) is 29.2 Å². The van der Waals surface area contributed by atoms with Crippen molar-refractivity contribution in [2.45, 2.75) is 25.7 Å². The summed E-state index contributed by atoms with van der Waals surface area (Å²) >= 11 is 2.21. The van der Waals surface area contributed by atoms with Crippen molar-refractivity contribution in [2.24, 2.45) is 0 Å². The Kier molecular flexibility index (Phi) is 4.46. The fraction of sp³-hybridized carbons (Fsp3) is 0.429. The Morgan fingerprint density at radius 1 is 1.40 bits per heavy atom. The minimum Gasteiger partial charge on any atom is -0.370 e. The largest absolute Gasteiger partial charge is 0.428 e. The summed E-state index contributed by atoms with van der Waals surface area (Å²) in [5.41, 5.74) is 3.58. The van der Waals surface area contributed by atoms with Crippen LogP contribution in [0.4, 0.5) is 13.2 Å². The number of fused-ring (bicyclic) bond motifs is 1. The highest BCUT2D eigenvalue weighted by molar-refractivity contribution is 14.1. The Bertz CT molecular complexity index is 542. The van der Waals surface area contributed by atoms with Crippen LogP contribution < -0.4 is 0 Å². The molecule has 0 bridgehead atoms. The number of hydrogen-bond donors (Lipinski definition) is 1. The molecule has 1 aliphatic rings. The molecule has 1 N–H and O–H groups in total. The molecule has 0 radical (unpaired) electrons. The number of alkyl halides is 3. The summed E-state index contributed by atoms with van der Waals surface area (Å²) < 4.78 is 39.0. The molecule has 1 aromatic rings. The second kappa shape index (κ2) is 5.65. The number of aryl methyl sites for hydroxylation is 1. The lowest BCUT2D eigenvalue weighted by Crippen LogP contribution is -2.46. The van der Waals surface area contributed by atoms with Crippen molar-refractivity contribution in [2.75, 3.05) is 13.1 Å². The molecule has 0 aliphatic carbocycles. The molecule has 0 fully saturated rings. The molecular weight excluding hydrogens is 382 g/mol. The molecule has 0 amide bonds. The molecule has 2 rings (SSSR count). The lowest BCUT2D eigenvalue weighted by Gasteiger charge is -2.28. The minimum atomic E-state index is -4.64. The summed E-state index contributed by atoms with van der Waals surface area (Å²) in [6.07, 6.45) is -6.60. The van der Waals surface area contributed by atoms with E-state index in [1.54, 1.807) is 0 Å².